The van der Waals surface area contributed by atoms with E-state index in [4.69, 9.17) is 5.73 Å². The third-order valence-electron chi connectivity index (χ3n) is 2.36. The van der Waals surface area contributed by atoms with Gasteiger partial charge in [0.05, 0.1) is 12.7 Å². The van der Waals surface area contributed by atoms with Gasteiger partial charge in [0.1, 0.15) is 0 Å². The van der Waals surface area contributed by atoms with Gasteiger partial charge in [0.15, 0.2) is 5.69 Å². The van der Waals surface area contributed by atoms with Crippen LogP contribution in [0.5, 0.6) is 0 Å². The lowest BCUT2D eigenvalue weighted by Crippen LogP contribution is -2.28. The highest BCUT2D eigenvalue weighted by atomic mass is 16.2. The Balaban J connectivity index is 2.52. The number of carbonyl (C=O) groups is 1. The van der Waals surface area contributed by atoms with Crippen LogP contribution in [0.3, 0.4) is 0 Å². The Morgan fingerprint density at radius 3 is 3.12 bits per heavy atom. The van der Waals surface area contributed by atoms with Crippen molar-refractivity contribution in [3.05, 3.63) is 24.5 Å². The van der Waals surface area contributed by atoms with Crippen LogP contribution in [-0.4, -0.2) is 45.9 Å². The van der Waals surface area contributed by atoms with E-state index >= 15 is 0 Å². The minimum atomic E-state index is -0.114. The average Bonchev–Trinajstić information content (AvgIpc) is 2.77. The molecule has 0 saturated heterocycles. The molecule has 0 unspecified atom stereocenters. The molecule has 0 spiro atoms. The second kappa shape index (κ2) is 6.80. The highest BCUT2D eigenvalue weighted by Crippen LogP contribution is 2.01. The summed E-state index contributed by atoms with van der Waals surface area (Å²) in [5.74, 6) is -0.114. The van der Waals surface area contributed by atoms with E-state index in [0.29, 0.717) is 25.3 Å². The zero-order chi connectivity index (χ0) is 12.7. The van der Waals surface area contributed by atoms with Gasteiger partial charge in [0, 0.05) is 20.1 Å². The Hall–Kier alpha value is -1.69. The fourth-order valence-corrected chi connectivity index (χ4v) is 1.41. The van der Waals surface area contributed by atoms with E-state index in [1.165, 1.54) is 0 Å². The molecule has 0 aromatic carbocycles. The van der Waals surface area contributed by atoms with Gasteiger partial charge in [-0.25, -0.2) is 0 Å². The lowest BCUT2D eigenvalue weighted by molar-refractivity contribution is 0.0788. The smallest absolute Gasteiger partial charge is 0.275 e. The van der Waals surface area contributed by atoms with Crippen molar-refractivity contribution in [2.24, 2.45) is 5.73 Å². The van der Waals surface area contributed by atoms with E-state index < -0.39 is 0 Å². The predicted molar refractivity (Wildman–Crippen MR) is 65.5 cm³/mol. The predicted octanol–water partition coefficient (Wildman–Crippen LogP) is 0.275. The molecule has 1 amide bonds. The van der Waals surface area contributed by atoms with Crippen LogP contribution in [0.1, 0.15) is 23.3 Å². The first-order valence-corrected chi connectivity index (χ1v) is 5.65. The van der Waals surface area contributed by atoms with E-state index in [-0.39, 0.29) is 5.91 Å². The Morgan fingerprint density at radius 1 is 1.71 bits per heavy atom. The largest absolute Gasteiger partial charge is 0.340 e. The van der Waals surface area contributed by atoms with Gasteiger partial charge in [-0.2, -0.15) is 0 Å². The Bertz CT molecular complexity index is 374. The second-order valence-corrected chi connectivity index (χ2v) is 3.81. The summed E-state index contributed by atoms with van der Waals surface area (Å²) in [5.41, 5.74) is 5.75. The van der Waals surface area contributed by atoms with E-state index in [0.717, 1.165) is 12.8 Å². The third kappa shape index (κ3) is 3.99. The summed E-state index contributed by atoms with van der Waals surface area (Å²) in [4.78, 5) is 13.5. The Labute approximate surface area is 101 Å². The molecule has 0 aliphatic heterocycles. The van der Waals surface area contributed by atoms with Crippen molar-refractivity contribution in [3.8, 4) is 0 Å². The normalized spacial score (nSPS) is 10.2. The first-order chi connectivity index (χ1) is 8.19. The van der Waals surface area contributed by atoms with Crippen LogP contribution < -0.4 is 5.73 Å². The van der Waals surface area contributed by atoms with Gasteiger partial charge in [-0.1, -0.05) is 11.3 Å². The molecule has 0 atom stereocenters. The molecule has 6 heteroatoms. The number of nitrogens with two attached hydrogens (primary N) is 1. The molecule has 1 aromatic rings. The summed E-state index contributed by atoms with van der Waals surface area (Å²) in [6.45, 7) is 5.38. The molecule has 0 saturated carbocycles. The number of carbonyl (C=O) groups excluding carboxylic acids is 1. The van der Waals surface area contributed by atoms with Crippen LogP contribution >= 0.6 is 0 Å². The molecular weight excluding hydrogens is 218 g/mol. The first-order valence-electron chi connectivity index (χ1n) is 5.65. The molecule has 1 aromatic heterocycles. The number of hydrogen-bond acceptors (Lipinski definition) is 4. The van der Waals surface area contributed by atoms with Crippen LogP contribution in [-0.2, 0) is 6.54 Å². The third-order valence-corrected chi connectivity index (χ3v) is 2.36. The molecule has 2 N–H and O–H groups in total. The number of rotatable bonds is 7. The molecule has 6 nitrogen and oxygen atoms in total. The number of aromatic nitrogens is 3. The highest BCUT2D eigenvalue weighted by molar-refractivity contribution is 5.91. The van der Waals surface area contributed by atoms with Crippen molar-refractivity contribution < 1.29 is 4.79 Å². The zero-order valence-corrected chi connectivity index (χ0v) is 10.2. The van der Waals surface area contributed by atoms with E-state index in [2.05, 4.69) is 16.9 Å². The topological polar surface area (TPSA) is 77.0 Å². The lowest BCUT2D eigenvalue weighted by atomic mass is 10.3. The molecule has 0 radical (unpaired) electrons. The van der Waals surface area contributed by atoms with Gasteiger partial charge in [-0.15, -0.1) is 11.7 Å². The van der Waals surface area contributed by atoms with Gasteiger partial charge in [-0.05, 0) is 12.8 Å². The van der Waals surface area contributed by atoms with E-state index in [1.807, 2.05) is 6.08 Å². The summed E-state index contributed by atoms with van der Waals surface area (Å²) in [7, 11) is 1.76. The zero-order valence-electron chi connectivity index (χ0n) is 10.2. The van der Waals surface area contributed by atoms with Gasteiger partial charge in [-0.3, -0.25) is 9.48 Å². The van der Waals surface area contributed by atoms with Crippen molar-refractivity contribution >= 4 is 5.91 Å². The second-order valence-electron chi connectivity index (χ2n) is 3.81. The number of nitrogens with zero attached hydrogens (tertiary/aromatic N) is 4. The number of hydrogen-bond donors (Lipinski definition) is 1. The fraction of sp³-hybridized carbons (Fsp3) is 0.545. The minimum absolute atomic E-state index is 0.114. The number of unbranched alkanes of at least 4 members (excludes halogenated alkanes) is 1. The van der Waals surface area contributed by atoms with Gasteiger partial charge >= 0.3 is 0 Å². The summed E-state index contributed by atoms with van der Waals surface area (Å²) < 4.78 is 1.57. The van der Waals surface area contributed by atoms with Crippen LogP contribution in [0.2, 0.25) is 0 Å². The molecule has 0 aliphatic rings. The number of amides is 1. The van der Waals surface area contributed by atoms with E-state index in [9.17, 15) is 4.79 Å². The Kier molecular flexibility index (Phi) is 5.35. The molecule has 0 fully saturated rings. The van der Waals surface area contributed by atoms with Crippen LogP contribution in [0.15, 0.2) is 18.9 Å². The average molecular weight is 237 g/mol. The van der Waals surface area contributed by atoms with Crippen molar-refractivity contribution in [1.29, 1.82) is 0 Å². The molecule has 17 heavy (non-hydrogen) atoms. The van der Waals surface area contributed by atoms with Crippen LogP contribution in [0, 0.1) is 0 Å². The van der Waals surface area contributed by atoms with Crippen LogP contribution in [0.4, 0.5) is 0 Å². The maximum atomic E-state index is 11.9. The lowest BCUT2D eigenvalue weighted by Gasteiger charge is -2.14. The quantitative estimate of drug-likeness (QED) is 0.545. The molecule has 0 aliphatic carbocycles. The van der Waals surface area contributed by atoms with Crippen molar-refractivity contribution in [3.63, 3.8) is 0 Å². The molecule has 1 heterocycles. The molecule has 1 rings (SSSR count). The maximum Gasteiger partial charge on any atom is 0.275 e. The monoisotopic (exact) mass is 237 g/mol. The Morgan fingerprint density at radius 2 is 2.47 bits per heavy atom. The fourth-order valence-electron chi connectivity index (χ4n) is 1.41. The first kappa shape index (κ1) is 13.4. The van der Waals surface area contributed by atoms with Gasteiger partial charge in [0.25, 0.3) is 5.91 Å². The van der Waals surface area contributed by atoms with Gasteiger partial charge in [0.2, 0.25) is 0 Å². The van der Waals surface area contributed by atoms with Crippen molar-refractivity contribution in [1.82, 2.24) is 19.9 Å². The number of allylic oxidation sites excluding steroid dienone is 1. The molecule has 0 bridgehead atoms. The summed E-state index contributed by atoms with van der Waals surface area (Å²) >= 11 is 0. The highest BCUT2D eigenvalue weighted by Gasteiger charge is 2.14. The van der Waals surface area contributed by atoms with Crippen molar-refractivity contribution in [2.75, 3.05) is 20.1 Å². The standard InChI is InChI=1S/C11H19N5O/c1-3-4-5-7-15(2)11(17)10-9-16(8-6-12)14-13-10/h3,9H,1,4-8,12H2,2H3. The summed E-state index contributed by atoms with van der Waals surface area (Å²) in [5, 5.41) is 7.66. The van der Waals surface area contributed by atoms with E-state index in [1.54, 1.807) is 22.8 Å². The molecular formula is C11H19N5O. The summed E-state index contributed by atoms with van der Waals surface area (Å²) in [6, 6.07) is 0. The SMILES string of the molecule is C=CCCCN(C)C(=O)c1cn(CCN)nn1. The minimum Gasteiger partial charge on any atom is -0.340 e. The maximum absolute atomic E-state index is 11.9. The van der Waals surface area contributed by atoms with Crippen LogP contribution in [0.25, 0.3) is 0 Å². The summed E-state index contributed by atoms with van der Waals surface area (Å²) in [6.07, 6.45) is 5.27. The molecule has 94 valence electrons. The van der Waals surface area contributed by atoms with Crippen molar-refractivity contribution in [2.45, 2.75) is 19.4 Å². The van der Waals surface area contributed by atoms with Gasteiger partial charge < -0.3 is 10.6 Å².